The summed E-state index contributed by atoms with van der Waals surface area (Å²) in [7, 11) is 0. The minimum atomic E-state index is 0.0616. The minimum absolute atomic E-state index is 0.0616. The highest BCUT2D eigenvalue weighted by Crippen LogP contribution is 2.29. The fourth-order valence-corrected chi connectivity index (χ4v) is 4.78. The van der Waals surface area contributed by atoms with Crippen LogP contribution >= 0.6 is 23.4 Å². The molecular weight excluding hydrogens is 456 g/mol. The Morgan fingerprint density at radius 1 is 0.970 bits per heavy atom. The van der Waals surface area contributed by atoms with E-state index in [1.165, 1.54) is 17.3 Å². The first-order valence-electron chi connectivity index (χ1n) is 10.6. The number of thioether (sulfide) groups is 1. The second kappa shape index (κ2) is 9.68. The maximum Gasteiger partial charge on any atom is 0.237 e. The average molecular weight is 477 g/mol. The van der Waals surface area contributed by atoms with Crippen molar-refractivity contribution in [3.8, 4) is 11.4 Å². The zero-order chi connectivity index (χ0) is 22.6. The molecule has 0 saturated carbocycles. The Bertz CT molecular complexity index is 1260. The highest BCUT2D eigenvalue weighted by molar-refractivity contribution is 7.99. The van der Waals surface area contributed by atoms with Crippen LogP contribution in [0.2, 0.25) is 5.02 Å². The molecule has 0 saturated heterocycles. The molecule has 0 unspecified atom stereocenters. The lowest BCUT2D eigenvalue weighted by Crippen LogP contribution is -2.30. The first kappa shape index (κ1) is 21.6. The summed E-state index contributed by atoms with van der Waals surface area (Å²) >= 11 is 7.34. The number of hydrogen-bond acceptors (Lipinski definition) is 5. The van der Waals surface area contributed by atoms with Crippen molar-refractivity contribution in [2.45, 2.75) is 18.2 Å². The van der Waals surface area contributed by atoms with Crippen molar-refractivity contribution in [3.63, 3.8) is 0 Å². The van der Waals surface area contributed by atoms with Gasteiger partial charge in [-0.1, -0.05) is 59.8 Å². The summed E-state index contributed by atoms with van der Waals surface area (Å²) in [5.41, 5.74) is 3.13. The van der Waals surface area contributed by atoms with Gasteiger partial charge in [-0.3, -0.25) is 9.36 Å². The largest absolute Gasteiger partial charge is 0.486 e. The zero-order valence-corrected chi connectivity index (χ0v) is 19.3. The van der Waals surface area contributed by atoms with Gasteiger partial charge in [0.2, 0.25) is 5.91 Å². The van der Waals surface area contributed by atoms with Crippen LogP contribution in [0.25, 0.3) is 5.69 Å². The molecule has 0 fully saturated rings. The molecule has 6 nitrogen and oxygen atoms in total. The minimum Gasteiger partial charge on any atom is -0.486 e. The number of fused-ring (bicyclic) bond motifs is 1. The second-order valence-electron chi connectivity index (χ2n) is 7.53. The number of amides is 1. The molecular formula is C25H21ClN4O2S. The fourth-order valence-electron chi connectivity index (χ4n) is 3.80. The monoisotopic (exact) mass is 476 g/mol. The number of benzene rings is 3. The van der Waals surface area contributed by atoms with E-state index in [-0.39, 0.29) is 18.3 Å². The van der Waals surface area contributed by atoms with Crippen LogP contribution < -0.4 is 9.64 Å². The van der Waals surface area contributed by atoms with E-state index in [0.717, 1.165) is 17.8 Å². The van der Waals surface area contributed by atoms with Crippen molar-refractivity contribution in [2.24, 2.45) is 0 Å². The number of ether oxygens (including phenoxy) is 1. The number of rotatable bonds is 7. The number of halogens is 1. The predicted molar refractivity (Wildman–Crippen MR) is 130 cm³/mol. The zero-order valence-electron chi connectivity index (χ0n) is 17.7. The smallest absolute Gasteiger partial charge is 0.237 e. The Morgan fingerprint density at radius 3 is 2.55 bits per heavy atom. The van der Waals surface area contributed by atoms with Crippen LogP contribution in [0.3, 0.4) is 0 Å². The summed E-state index contributed by atoms with van der Waals surface area (Å²) in [6, 6.07) is 25.1. The summed E-state index contributed by atoms with van der Waals surface area (Å²) in [6.07, 6.45) is 0.888. The molecule has 1 amide bonds. The highest BCUT2D eigenvalue weighted by Gasteiger charge is 2.25. The summed E-state index contributed by atoms with van der Waals surface area (Å²) in [5.74, 6) is 1.68. The number of aromatic nitrogens is 3. The lowest BCUT2D eigenvalue weighted by Gasteiger charge is -2.17. The first-order chi connectivity index (χ1) is 16.2. The number of para-hydroxylation sites is 2. The van der Waals surface area contributed by atoms with Gasteiger partial charge in [0.05, 0.1) is 5.75 Å². The van der Waals surface area contributed by atoms with E-state index < -0.39 is 0 Å². The molecule has 4 aromatic rings. The van der Waals surface area contributed by atoms with Gasteiger partial charge in [0, 0.05) is 22.9 Å². The lowest BCUT2D eigenvalue weighted by molar-refractivity contribution is -0.116. The Labute approximate surface area is 201 Å². The normalized spacial score (nSPS) is 12.6. The molecule has 1 aliphatic rings. The molecule has 5 rings (SSSR count). The van der Waals surface area contributed by atoms with Crippen molar-refractivity contribution < 1.29 is 9.53 Å². The Balaban J connectivity index is 1.34. The van der Waals surface area contributed by atoms with E-state index in [1.807, 2.05) is 70.1 Å². The van der Waals surface area contributed by atoms with Crippen molar-refractivity contribution in [1.29, 1.82) is 0 Å². The maximum atomic E-state index is 13.0. The third-order valence-electron chi connectivity index (χ3n) is 5.41. The van der Waals surface area contributed by atoms with E-state index >= 15 is 0 Å². The van der Waals surface area contributed by atoms with Gasteiger partial charge in [0.15, 0.2) is 11.0 Å². The van der Waals surface area contributed by atoms with E-state index in [4.69, 9.17) is 16.3 Å². The molecule has 8 heteroatoms. The average Bonchev–Trinajstić information content (AvgIpc) is 3.47. The summed E-state index contributed by atoms with van der Waals surface area (Å²) in [6.45, 7) is 0.946. The van der Waals surface area contributed by atoms with Gasteiger partial charge in [-0.05, 0) is 54.4 Å². The van der Waals surface area contributed by atoms with Crippen LogP contribution in [-0.2, 0) is 17.8 Å². The number of anilines is 1. The van der Waals surface area contributed by atoms with Crippen LogP contribution in [0.15, 0.2) is 84.0 Å². The van der Waals surface area contributed by atoms with Crippen LogP contribution in [0.1, 0.15) is 11.4 Å². The quantitative estimate of drug-likeness (QED) is 0.344. The third-order valence-corrected chi connectivity index (χ3v) is 6.57. The topological polar surface area (TPSA) is 60.2 Å². The van der Waals surface area contributed by atoms with E-state index in [9.17, 15) is 4.79 Å². The fraction of sp³-hybridized carbons (Fsp3) is 0.160. The molecule has 0 radical (unpaired) electrons. The second-order valence-corrected chi connectivity index (χ2v) is 8.90. The van der Waals surface area contributed by atoms with Crippen LogP contribution in [0.4, 0.5) is 5.69 Å². The van der Waals surface area contributed by atoms with Gasteiger partial charge >= 0.3 is 0 Å². The SMILES string of the molecule is O=C(CSc1nnc(COc2ccc(Cl)cc2)n1-c1ccccc1)N1CCc2ccccc21. The highest BCUT2D eigenvalue weighted by atomic mass is 35.5. The number of carbonyl (C=O) groups excluding carboxylic acids is 1. The van der Waals surface area contributed by atoms with Crippen molar-refractivity contribution in [1.82, 2.24) is 14.8 Å². The molecule has 166 valence electrons. The Kier molecular flexibility index (Phi) is 6.32. The van der Waals surface area contributed by atoms with Gasteiger partial charge in [-0.25, -0.2) is 0 Å². The molecule has 0 atom stereocenters. The van der Waals surface area contributed by atoms with Crippen LogP contribution in [0.5, 0.6) is 5.75 Å². The number of carbonyl (C=O) groups is 1. The lowest BCUT2D eigenvalue weighted by atomic mass is 10.2. The number of nitrogens with zero attached hydrogens (tertiary/aromatic N) is 4. The summed E-state index contributed by atoms with van der Waals surface area (Å²) in [5, 5.41) is 10.0. The summed E-state index contributed by atoms with van der Waals surface area (Å²) < 4.78 is 7.84. The molecule has 0 spiro atoms. The Morgan fingerprint density at radius 2 is 1.73 bits per heavy atom. The molecule has 1 aromatic heterocycles. The van der Waals surface area contributed by atoms with E-state index in [2.05, 4.69) is 16.3 Å². The van der Waals surface area contributed by atoms with Gasteiger partial charge in [-0.2, -0.15) is 0 Å². The van der Waals surface area contributed by atoms with Gasteiger partial charge in [0.25, 0.3) is 0 Å². The molecule has 0 N–H and O–H groups in total. The summed E-state index contributed by atoms with van der Waals surface area (Å²) in [4.78, 5) is 14.8. The van der Waals surface area contributed by atoms with Crippen molar-refractivity contribution >= 4 is 35.0 Å². The van der Waals surface area contributed by atoms with Crippen molar-refractivity contribution in [3.05, 3.63) is 95.3 Å². The molecule has 0 bridgehead atoms. The Hall–Kier alpha value is -3.29. The first-order valence-corrected chi connectivity index (χ1v) is 11.9. The molecule has 2 heterocycles. The molecule has 3 aromatic carbocycles. The van der Waals surface area contributed by atoms with Crippen LogP contribution in [0, 0.1) is 0 Å². The third kappa shape index (κ3) is 4.74. The molecule has 1 aliphatic heterocycles. The standard InChI is InChI=1S/C25H21ClN4O2S/c26-19-10-12-21(13-11-19)32-16-23-27-28-25(30(23)20-7-2-1-3-8-20)33-17-24(31)29-15-14-18-6-4-5-9-22(18)29/h1-13H,14-17H2. The van der Waals surface area contributed by atoms with Crippen molar-refractivity contribution in [2.75, 3.05) is 17.2 Å². The van der Waals surface area contributed by atoms with Gasteiger partial charge in [0.1, 0.15) is 12.4 Å². The molecule has 0 aliphatic carbocycles. The predicted octanol–water partition coefficient (Wildman–Crippen LogP) is 5.18. The van der Waals surface area contributed by atoms with Gasteiger partial charge < -0.3 is 9.64 Å². The van der Waals surface area contributed by atoms with Gasteiger partial charge in [-0.15, -0.1) is 10.2 Å². The van der Waals surface area contributed by atoms with E-state index in [1.54, 1.807) is 12.1 Å². The maximum absolute atomic E-state index is 13.0. The number of hydrogen-bond donors (Lipinski definition) is 0. The molecule has 33 heavy (non-hydrogen) atoms. The van der Waals surface area contributed by atoms with E-state index in [0.29, 0.717) is 28.3 Å². The van der Waals surface area contributed by atoms with Crippen LogP contribution in [-0.4, -0.2) is 33.0 Å².